The van der Waals surface area contributed by atoms with Gasteiger partial charge in [0.1, 0.15) is 0 Å². The SMILES string of the molecule is COC(=O)Cn1cc([N+](=O)[O-])nc1[N+](=O)[O-]. The predicted molar refractivity (Wildman–Crippen MR) is 47.6 cm³/mol. The van der Waals surface area contributed by atoms with Crippen LogP contribution in [0.2, 0.25) is 0 Å². The summed E-state index contributed by atoms with van der Waals surface area (Å²) in [5.41, 5.74) is 0. The van der Waals surface area contributed by atoms with E-state index < -0.39 is 34.1 Å². The van der Waals surface area contributed by atoms with E-state index in [1.165, 1.54) is 0 Å². The number of nitrogens with zero attached hydrogens (tertiary/aromatic N) is 4. The van der Waals surface area contributed by atoms with Gasteiger partial charge in [0.15, 0.2) is 12.7 Å². The monoisotopic (exact) mass is 230 g/mol. The smallest absolute Gasteiger partial charge is 0.439 e. The fourth-order valence-corrected chi connectivity index (χ4v) is 0.946. The average molecular weight is 230 g/mol. The minimum absolute atomic E-state index is 0.506. The standard InChI is InChI=1S/C6H6N4O6/c1-16-5(11)3-8-2-4(9(12)13)7-6(8)10(14)15/h2H,3H2,1H3. The highest BCUT2D eigenvalue weighted by molar-refractivity contribution is 5.69. The first kappa shape index (κ1) is 11.6. The third-order valence-corrected chi connectivity index (χ3v) is 1.62. The van der Waals surface area contributed by atoms with Crippen LogP contribution in [0.25, 0.3) is 0 Å². The van der Waals surface area contributed by atoms with Crippen LogP contribution in [0.4, 0.5) is 11.8 Å². The number of carbonyl (C=O) groups is 1. The molecule has 0 bridgehead atoms. The highest BCUT2D eigenvalue weighted by Gasteiger charge is 2.24. The summed E-state index contributed by atoms with van der Waals surface area (Å²) < 4.78 is 5.02. The van der Waals surface area contributed by atoms with Gasteiger partial charge in [0, 0.05) is 0 Å². The molecule has 0 unspecified atom stereocenters. The highest BCUT2D eigenvalue weighted by atomic mass is 16.6. The Morgan fingerprint density at radius 2 is 2.12 bits per heavy atom. The van der Waals surface area contributed by atoms with E-state index in [2.05, 4.69) is 9.72 Å². The second-order valence-electron chi connectivity index (χ2n) is 2.62. The van der Waals surface area contributed by atoms with Crippen LogP contribution in [0.5, 0.6) is 0 Å². The normalized spacial score (nSPS) is 9.81. The first-order valence-electron chi connectivity index (χ1n) is 3.88. The number of ether oxygens (including phenoxy) is 1. The van der Waals surface area contributed by atoms with Gasteiger partial charge in [-0.05, 0) is 14.8 Å². The van der Waals surface area contributed by atoms with E-state index in [9.17, 15) is 25.0 Å². The Hall–Kier alpha value is -2.52. The summed E-state index contributed by atoms with van der Waals surface area (Å²) in [6.45, 7) is -0.506. The second-order valence-corrected chi connectivity index (χ2v) is 2.62. The number of carbonyl (C=O) groups excluding carboxylic acids is 1. The van der Waals surface area contributed by atoms with Crippen LogP contribution >= 0.6 is 0 Å². The minimum Gasteiger partial charge on any atom is -0.467 e. The molecule has 0 amide bonds. The van der Waals surface area contributed by atoms with Gasteiger partial charge in [-0.1, -0.05) is 0 Å². The van der Waals surface area contributed by atoms with Gasteiger partial charge >= 0.3 is 17.7 Å². The Balaban J connectivity index is 3.10. The van der Waals surface area contributed by atoms with Crippen LogP contribution < -0.4 is 0 Å². The van der Waals surface area contributed by atoms with Gasteiger partial charge in [0.2, 0.25) is 0 Å². The summed E-state index contributed by atoms with van der Waals surface area (Å²) in [6, 6.07) is 0. The van der Waals surface area contributed by atoms with Crippen molar-refractivity contribution >= 4 is 17.7 Å². The molecule has 0 aliphatic carbocycles. The van der Waals surface area contributed by atoms with Crippen LogP contribution in [-0.2, 0) is 16.1 Å². The maximum absolute atomic E-state index is 10.9. The molecule has 1 heterocycles. The molecule has 10 heteroatoms. The fourth-order valence-electron chi connectivity index (χ4n) is 0.946. The van der Waals surface area contributed by atoms with Crippen molar-refractivity contribution in [2.45, 2.75) is 6.54 Å². The van der Waals surface area contributed by atoms with Gasteiger partial charge in [-0.15, -0.1) is 0 Å². The van der Waals surface area contributed by atoms with Crippen LogP contribution in [-0.4, -0.2) is 32.5 Å². The first-order valence-corrected chi connectivity index (χ1v) is 3.88. The van der Waals surface area contributed by atoms with Gasteiger partial charge in [0.05, 0.1) is 7.11 Å². The predicted octanol–water partition coefficient (Wildman–Crippen LogP) is -0.128. The van der Waals surface area contributed by atoms with E-state index in [-0.39, 0.29) is 0 Å². The van der Waals surface area contributed by atoms with Crippen LogP contribution in [0.3, 0.4) is 0 Å². The molecule has 1 aromatic rings. The molecule has 0 N–H and O–H groups in total. The second kappa shape index (κ2) is 4.33. The summed E-state index contributed by atoms with van der Waals surface area (Å²) in [6.07, 6.45) is 0.801. The summed E-state index contributed by atoms with van der Waals surface area (Å²) in [5, 5.41) is 20.8. The summed E-state index contributed by atoms with van der Waals surface area (Å²) in [4.78, 5) is 33.0. The van der Waals surface area contributed by atoms with Crippen molar-refractivity contribution in [2.75, 3.05) is 7.11 Å². The molecule has 0 spiro atoms. The largest absolute Gasteiger partial charge is 0.467 e. The Kier molecular flexibility index (Phi) is 3.13. The zero-order valence-corrected chi connectivity index (χ0v) is 8.02. The van der Waals surface area contributed by atoms with Gasteiger partial charge in [0.25, 0.3) is 0 Å². The topological polar surface area (TPSA) is 130 Å². The van der Waals surface area contributed by atoms with E-state index in [0.717, 1.165) is 17.9 Å². The molecule has 0 aliphatic heterocycles. The first-order chi connectivity index (χ1) is 7.45. The molecule has 1 rings (SSSR count). The molecular weight excluding hydrogens is 224 g/mol. The zero-order chi connectivity index (χ0) is 12.3. The molecule has 1 aromatic heterocycles. The summed E-state index contributed by atoms with van der Waals surface area (Å²) in [7, 11) is 1.10. The third-order valence-electron chi connectivity index (χ3n) is 1.62. The van der Waals surface area contributed by atoms with E-state index in [1.807, 2.05) is 0 Å². The third kappa shape index (κ3) is 2.29. The number of nitro groups is 2. The number of methoxy groups -OCH3 is 1. The van der Waals surface area contributed by atoms with Crippen molar-refractivity contribution in [3.63, 3.8) is 0 Å². The highest BCUT2D eigenvalue weighted by Crippen LogP contribution is 2.17. The number of hydrogen-bond acceptors (Lipinski definition) is 7. The summed E-state index contributed by atoms with van der Waals surface area (Å²) >= 11 is 0. The minimum atomic E-state index is -0.921. The maximum atomic E-state index is 10.9. The van der Waals surface area contributed by atoms with E-state index in [1.54, 1.807) is 0 Å². The van der Waals surface area contributed by atoms with Gasteiger partial charge in [-0.25, -0.2) is 9.36 Å². The zero-order valence-electron chi connectivity index (χ0n) is 8.02. The molecular formula is C6H6N4O6. The lowest BCUT2D eigenvalue weighted by Crippen LogP contribution is -2.12. The van der Waals surface area contributed by atoms with Crippen molar-refractivity contribution in [2.24, 2.45) is 0 Å². The quantitative estimate of drug-likeness (QED) is 0.400. The maximum Gasteiger partial charge on any atom is 0.439 e. The molecule has 10 nitrogen and oxygen atoms in total. The number of aromatic nitrogens is 2. The lowest BCUT2D eigenvalue weighted by molar-refractivity contribution is -0.403. The molecule has 16 heavy (non-hydrogen) atoms. The van der Waals surface area contributed by atoms with Gasteiger partial charge < -0.3 is 25.0 Å². The molecule has 0 saturated heterocycles. The molecule has 0 atom stereocenters. The van der Waals surface area contributed by atoms with Crippen molar-refractivity contribution < 1.29 is 19.4 Å². The van der Waals surface area contributed by atoms with Crippen molar-refractivity contribution in [1.29, 1.82) is 0 Å². The molecule has 0 fully saturated rings. The van der Waals surface area contributed by atoms with Gasteiger partial charge in [-0.3, -0.25) is 0 Å². The Morgan fingerprint density at radius 1 is 1.50 bits per heavy atom. The summed E-state index contributed by atoms with van der Waals surface area (Å²) in [5.74, 6) is -2.25. The molecule has 0 radical (unpaired) electrons. The van der Waals surface area contributed by atoms with Crippen molar-refractivity contribution in [3.8, 4) is 0 Å². The van der Waals surface area contributed by atoms with E-state index in [0.29, 0.717) is 0 Å². The number of rotatable bonds is 4. The Bertz CT molecular complexity index is 452. The van der Waals surface area contributed by atoms with E-state index in [4.69, 9.17) is 0 Å². The fraction of sp³-hybridized carbons (Fsp3) is 0.333. The lowest BCUT2D eigenvalue weighted by Gasteiger charge is -1.98. The number of hydrogen-bond donors (Lipinski definition) is 0. The lowest BCUT2D eigenvalue weighted by atomic mass is 10.6. The van der Waals surface area contributed by atoms with Crippen molar-refractivity contribution in [3.05, 3.63) is 26.4 Å². The molecule has 86 valence electrons. The Morgan fingerprint density at radius 3 is 2.56 bits per heavy atom. The number of imidazole rings is 1. The average Bonchev–Trinajstić information content (AvgIpc) is 2.61. The molecule has 0 aliphatic rings. The molecule has 0 saturated carbocycles. The van der Waals surface area contributed by atoms with Crippen LogP contribution in [0.1, 0.15) is 0 Å². The van der Waals surface area contributed by atoms with Crippen LogP contribution in [0.15, 0.2) is 6.20 Å². The Labute approximate surface area is 87.7 Å². The number of esters is 1. The molecule has 0 aromatic carbocycles. The van der Waals surface area contributed by atoms with Crippen LogP contribution in [0, 0.1) is 20.2 Å². The van der Waals surface area contributed by atoms with Gasteiger partial charge in [-0.2, -0.15) is 0 Å². The van der Waals surface area contributed by atoms with E-state index >= 15 is 0 Å². The van der Waals surface area contributed by atoms with Crippen molar-refractivity contribution in [1.82, 2.24) is 9.55 Å².